The number of aryl methyl sites for hydroxylation is 1. The molecule has 178 valence electrons. The molecule has 6 nitrogen and oxygen atoms in total. The number of aromatic nitrogens is 1. The van der Waals surface area contributed by atoms with Gasteiger partial charge in [0.2, 0.25) is 5.91 Å². The van der Waals surface area contributed by atoms with Gasteiger partial charge in [-0.05, 0) is 61.2 Å². The molecule has 1 aliphatic rings. The van der Waals surface area contributed by atoms with Crippen molar-refractivity contribution in [2.24, 2.45) is 0 Å². The van der Waals surface area contributed by atoms with Gasteiger partial charge < -0.3 is 19.5 Å². The number of nitrogens with zero attached hydrogens (tertiary/aromatic N) is 1. The predicted molar refractivity (Wildman–Crippen MR) is 134 cm³/mol. The molecule has 1 N–H and O–H groups in total. The Balaban J connectivity index is 1.36. The largest absolute Gasteiger partial charge is 0.497 e. The lowest BCUT2D eigenvalue weighted by atomic mass is 9.74. The number of ether oxygens (including phenoxy) is 3. The molecule has 2 heterocycles. The van der Waals surface area contributed by atoms with Crippen molar-refractivity contribution in [3.63, 3.8) is 0 Å². The van der Waals surface area contributed by atoms with Crippen molar-refractivity contribution in [3.05, 3.63) is 81.8 Å². The van der Waals surface area contributed by atoms with Crippen molar-refractivity contribution in [3.8, 4) is 11.5 Å². The molecule has 1 aromatic heterocycles. The number of amides is 1. The second-order valence-electron chi connectivity index (χ2n) is 8.39. The number of hydrogen-bond donors (Lipinski definition) is 1. The van der Waals surface area contributed by atoms with Gasteiger partial charge >= 0.3 is 0 Å². The number of benzene rings is 2. The Kier molecular flexibility index (Phi) is 7.98. The van der Waals surface area contributed by atoms with Gasteiger partial charge in [0.1, 0.15) is 18.1 Å². The van der Waals surface area contributed by atoms with E-state index in [1.165, 1.54) is 5.56 Å². The van der Waals surface area contributed by atoms with Crippen LogP contribution in [0.3, 0.4) is 0 Å². The fourth-order valence-corrected chi connectivity index (χ4v) is 4.70. The van der Waals surface area contributed by atoms with Crippen LogP contribution < -0.4 is 14.8 Å². The molecule has 4 rings (SSSR count). The molecule has 34 heavy (non-hydrogen) atoms. The summed E-state index contributed by atoms with van der Waals surface area (Å²) >= 11 is 1.61. The highest BCUT2D eigenvalue weighted by atomic mass is 32.1. The molecule has 0 bridgehead atoms. The molecule has 1 aliphatic heterocycles. The molecule has 1 fully saturated rings. The summed E-state index contributed by atoms with van der Waals surface area (Å²) in [5.74, 6) is 1.45. The first-order valence-electron chi connectivity index (χ1n) is 11.4. The summed E-state index contributed by atoms with van der Waals surface area (Å²) in [6.45, 7) is 4.33. The lowest BCUT2D eigenvalue weighted by Crippen LogP contribution is -2.44. The number of hydrogen-bond acceptors (Lipinski definition) is 6. The lowest BCUT2D eigenvalue weighted by molar-refractivity contribution is -0.116. The van der Waals surface area contributed by atoms with Crippen LogP contribution in [0, 0.1) is 6.92 Å². The van der Waals surface area contributed by atoms with Crippen molar-refractivity contribution in [2.45, 2.75) is 31.8 Å². The third kappa shape index (κ3) is 6.24. The monoisotopic (exact) mass is 478 g/mol. The second kappa shape index (κ2) is 11.3. The minimum absolute atomic E-state index is 0.122. The molecule has 0 radical (unpaired) electrons. The summed E-state index contributed by atoms with van der Waals surface area (Å²) in [5.41, 5.74) is 2.87. The van der Waals surface area contributed by atoms with Gasteiger partial charge in [-0.2, -0.15) is 0 Å². The average molecular weight is 479 g/mol. The van der Waals surface area contributed by atoms with Crippen molar-refractivity contribution in [2.75, 3.05) is 26.9 Å². The van der Waals surface area contributed by atoms with E-state index in [1.807, 2.05) is 48.7 Å². The molecule has 2 aromatic carbocycles. The number of nitrogens with one attached hydrogen (secondary N) is 1. The zero-order valence-corrected chi connectivity index (χ0v) is 20.4. The minimum Gasteiger partial charge on any atom is -0.497 e. The van der Waals surface area contributed by atoms with E-state index < -0.39 is 0 Å². The quantitative estimate of drug-likeness (QED) is 0.442. The number of carbonyl (C=O) groups excluding carboxylic acids is 1. The van der Waals surface area contributed by atoms with Crippen LogP contribution in [0.5, 0.6) is 11.5 Å². The van der Waals surface area contributed by atoms with Crippen LogP contribution in [0.1, 0.15) is 34.7 Å². The Labute approximate surface area is 204 Å². The Hall–Kier alpha value is -3.16. The maximum absolute atomic E-state index is 12.6. The normalized spacial score (nSPS) is 15.2. The molecule has 0 atom stereocenters. The lowest BCUT2D eigenvalue weighted by Gasteiger charge is -2.38. The number of methoxy groups -OCH3 is 1. The van der Waals surface area contributed by atoms with Crippen LogP contribution in [0.4, 0.5) is 0 Å². The zero-order chi connectivity index (χ0) is 23.8. The average Bonchev–Trinajstić information content (AvgIpc) is 3.31. The molecule has 0 unspecified atom stereocenters. The van der Waals surface area contributed by atoms with Crippen LogP contribution in [-0.2, 0) is 21.6 Å². The predicted octanol–water partition coefficient (Wildman–Crippen LogP) is 4.92. The maximum atomic E-state index is 12.6. The Morgan fingerprint density at radius 3 is 2.68 bits per heavy atom. The molecule has 3 aromatic rings. The number of thiazole rings is 1. The molecule has 1 saturated heterocycles. The number of carbonyl (C=O) groups is 1. The van der Waals surface area contributed by atoms with Gasteiger partial charge in [0, 0.05) is 36.6 Å². The summed E-state index contributed by atoms with van der Waals surface area (Å²) in [6.07, 6.45) is 5.10. The molecule has 0 spiro atoms. The van der Waals surface area contributed by atoms with Gasteiger partial charge in [-0.15, -0.1) is 11.3 Å². The van der Waals surface area contributed by atoms with Crippen LogP contribution in [0.15, 0.2) is 60.0 Å². The first kappa shape index (κ1) is 24.0. The van der Waals surface area contributed by atoms with Gasteiger partial charge in [0.25, 0.3) is 0 Å². The van der Waals surface area contributed by atoms with Crippen LogP contribution in [0.25, 0.3) is 6.08 Å². The summed E-state index contributed by atoms with van der Waals surface area (Å²) in [4.78, 5) is 17.1. The highest BCUT2D eigenvalue weighted by Crippen LogP contribution is 2.35. The first-order chi connectivity index (χ1) is 16.6. The van der Waals surface area contributed by atoms with Crippen molar-refractivity contribution in [1.29, 1.82) is 0 Å². The van der Waals surface area contributed by atoms with Crippen molar-refractivity contribution < 1.29 is 19.0 Å². The van der Waals surface area contributed by atoms with E-state index in [-0.39, 0.29) is 11.3 Å². The van der Waals surface area contributed by atoms with Gasteiger partial charge in [-0.25, -0.2) is 4.98 Å². The van der Waals surface area contributed by atoms with E-state index in [2.05, 4.69) is 22.4 Å². The third-order valence-electron chi connectivity index (χ3n) is 6.09. The van der Waals surface area contributed by atoms with Crippen LogP contribution in [-0.4, -0.2) is 37.8 Å². The topological polar surface area (TPSA) is 69.7 Å². The molecular formula is C27H30N2O4S. The molecule has 0 aliphatic carbocycles. The van der Waals surface area contributed by atoms with Crippen LogP contribution in [0.2, 0.25) is 0 Å². The Morgan fingerprint density at radius 2 is 1.97 bits per heavy atom. The van der Waals surface area contributed by atoms with Crippen LogP contribution >= 0.6 is 11.3 Å². The highest BCUT2D eigenvalue weighted by molar-refractivity contribution is 7.09. The van der Waals surface area contributed by atoms with E-state index >= 15 is 0 Å². The smallest absolute Gasteiger partial charge is 0.244 e. The van der Waals surface area contributed by atoms with E-state index in [0.29, 0.717) is 26.4 Å². The minimum atomic E-state index is -0.143. The summed E-state index contributed by atoms with van der Waals surface area (Å²) in [7, 11) is 1.66. The second-order valence-corrected chi connectivity index (χ2v) is 9.45. The zero-order valence-electron chi connectivity index (χ0n) is 19.6. The maximum Gasteiger partial charge on any atom is 0.244 e. The SMILES string of the molecule is COc1ccc(C2(CNC(=O)/C=C/c3cccc(OCc4csc(C)n4)c3)CCOCC2)cc1. The van der Waals surface area contributed by atoms with E-state index in [0.717, 1.165) is 40.6 Å². The van der Waals surface area contributed by atoms with Gasteiger partial charge in [0.05, 0.1) is 17.8 Å². The molecule has 0 saturated carbocycles. The molecule has 7 heteroatoms. The molecule has 1 amide bonds. The van der Waals surface area contributed by atoms with Gasteiger partial charge in [0.15, 0.2) is 0 Å². The summed E-state index contributed by atoms with van der Waals surface area (Å²) in [6, 6.07) is 15.8. The summed E-state index contributed by atoms with van der Waals surface area (Å²) < 4.78 is 16.7. The van der Waals surface area contributed by atoms with E-state index in [4.69, 9.17) is 14.2 Å². The fourth-order valence-electron chi connectivity index (χ4n) is 4.10. The fraction of sp³-hybridized carbons (Fsp3) is 0.333. The third-order valence-corrected chi connectivity index (χ3v) is 6.91. The Bertz CT molecular complexity index is 1120. The molecular weight excluding hydrogens is 448 g/mol. The highest BCUT2D eigenvalue weighted by Gasteiger charge is 2.34. The van der Waals surface area contributed by atoms with E-state index in [1.54, 1.807) is 30.6 Å². The van der Waals surface area contributed by atoms with Gasteiger partial charge in [-0.1, -0.05) is 24.3 Å². The van der Waals surface area contributed by atoms with E-state index in [9.17, 15) is 4.79 Å². The first-order valence-corrected chi connectivity index (χ1v) is 12.3. The van der Waals surface area contributed by atoms with Crippen molar-refractivity contribution >= 4 is 23.3 Å². The summed E-state index contributed by atoms with van der Waals surface area (Å²) in [5, 5.41) is 6.13. The number of rotatable bonds is 9. The standard InChI is InChI=1S/C27H30N2O4S/c1-20-29-23(18-34-20)17-33-25-5-3-4-21(16-25)6-11-26(30)28-19-27(12-14-32-15-13-27)22-7-9-24(31-2)10-8-22/h3-11,16,18H,12-15,17,19H2,1-2H3,(H,28,30)/b11-6+. The van der Waals surface area contributed by atoms with Crippen molar-refractivity contribution in [1.82, 2.24) is 10.3 Å². The Morgan fingerprint density at radius 1 is 1.18 bits per heavy atom. The van der Waals surface area contributed by atoms with Gasteiger partial charge in [-0.3, -0.25) is 4.79 Å².